The van der Waals surface area contributed by atoms with Crippen LogP contribution in [0.15, 0.2) is 65.6 Å². The van der Waals surface area contributed by atoms with Crippen LogP contribution in [-0.2, 0) is 6.61 Å². The van der Waals surface area contributed by atoms with Crippen LogP contribution in [0.4, 0.5) is 8.78 Å². The minimum absolute atomic E-state index is 0.0226. The molecule has 11 heteroatoms. The van der Waals surface area contributed by atoms with Gasteiger partial charge in [0.2, 0.25) is 0 Å². The lowest BCUT2D eigenvalue weighted by molar-refractivity contribution is 0.0926. The number of aryl methyl sites for hydroxylation is 1. The molecule has 0 aliphatic heterocycles. The first-order chi connectivity index (χ1) is 18.3. The molecule has 0 aliphatic carbocycles. The molecule has 5 rings (SSSR count). The van der Waals surface area contributed by atoms with Crippen molar-refractivity contribution in [2.45, 2.75) is 32.9 Å². The largest absolute Gasteiger partial charge is 0.487 e. The molecule has 0 radical (unpaired) electrons. The van der Waals surface area contributed by atoms with E-state index in [1.807, 2.05) is 19.9 Å². The lowest BCUT2D eigenvalue weighted by Gasteiger charge is -2.22. The molecule has 0 fully saturated rings. The summed E-state index contributed by atoms with van der Waals surface area (Å²) in [6.07, 6.45) is 4.16. The lowest BCUT2D eigenvalue weighted by atomic mass is 9.98. The number of pyridine rings is 1. The van der Waals surface area contributed by atoms with Gasteiger partial charge in [-0.15, -0.1) is 0 Å². The molecule has 3 heterocycles. The molecule has 0 saturated heterocycles. The molecule has 1 atom stereocenters. The number of carbonyl (C=O) groups is 1. The fourth-order valence-corrected chi connectivity index (χ4v) is 4.53. The van der Waals surface area contributed by atoms with Crippen LogP contribution in [0.25, 0.3) is 16.6 Å². The first-order valence-corrected chi connectivity index (χ1v) is 12.1. The van der Waals surface area contributed by atoms with Crippen molar-refractivity contribution in [2.24, 2.45) is 0 Å². The second-order valence-corrected chi connectivity index (χ2v) is 9.01. The molecule has 0 bridgehead atoms. The van der Waals surface area contributed by atoms with E-state index in [1.165, 1.54) is 35.3 Å². The van der Waals surface area contributed by atoms with E-state index in [4.69, 9.17) is 20.9 Å². The number of nitrogens with zero attached hydrogens (tertiary/aromatic N) is 4. The second kappa shape index (κ2) is 10.6. The van der Waals surface area contributed by atoms with Crippen LogP contribution in [0.5, 0.6) is 5.75 Å². The molecule has 0 spiro atoms. The van der Waals surface area contributed by atoms with Gasteiger partial charge in [-0.2, -0.15) is 5.10 Å². The van der Waals surface area contributed by atoms with Crippen molar-refractivity contribution in [3.05, 3.63) is 100 Å². The molecule has 1 N–H and O–H groups in total. The van der Waals surface area contributed by atoms with Crippen molar-refractivity contribution >= 4 is 28.4 Å². The number of rotatable bonds is 8. The van der Waals surface area contributed by atoms with Crippen LogP contribution in [0.1, 0.15) is 46.7 Å². The number of hydrogen-bond acceptors (Lipinski definition) is 6. The van der Waals surface area contributed by atoms with E-state index >= 15 is 0 Å². The number of amides is 1. The van der Waals surface area contributed by atoms with Gasteiger partial charge in [-0.25, -0.2) is 18.4 Å². The quantitative estimate of drug-likeness (QED) is 0.257. The third-order valence-electron chi connectivity index (χ3n) is 6.03. The van der Waals surface area contributed by atoms with Crippen LogP contribution < -0.4 is 10.1 Å². The van der Waals surface area contributed by atoms with Gasteiger partial charge in [0.05, 0.1) is 29.1 Å². The van der Waals surface area contributed by atoms with Crippen LogP contribution in [0.3, 0.4) is 0 Å². The Balaban J connectivity index is 1.49. The molecule has 194 valence electrons. The molecule has 0 aliphatic rings. The monoisotopic (exact) mass is 537 g/mol. The van der Waals surface area contributed by atoms with Crippen LogP contribution in [-0.4, -0.2) is 25.8 Å². The summed E-state index contributed by atoms with van der Waals surface area (Å²) in [5.74, 6) is -1.01. The molecule has 3 aromatic heterocycles. The summed E-state index contributed by atoms with van der Waals surface area (Å²) in [5.41, 5.74) is 2.97. The Hall–Kier alpha value is -4.31. The average Bonchev–Trinajstić information content (AvgIpc) is 3.58. The summed E-state index contributed by atoms with van der Waals surface area (Å²) in [7, 11) is 0. The molecule has 1 amide bonds. The third kappa shape index (κ3) is 5.08. The number of para-hydroxylation sites is 1. The Morgan fingerprint density at radius 3 is 2.76 bits per heavy atom. The Kier molecular flexibility index (Phi) is 7.06. The first kappa shape index (κ1) is 25.3. The van der Waals surface area contributed by atoms with Crippen molar-refractivity contribution in [1.82, 2.24) is 25.2 Å². The highest BCUT2D eigenvalue weighted by atomic mass is 35.5. The van der Waals surface area contributed by atoms with Gasteiger partial charge in [-0.05, 0) is 43.2 Å². The number of benzene rings is 2. The molecular formula is C27H22ClF2N5O3. The van der Waals surface area contributed by atoms with Crippen LogP contribution >= 0.6 is 11.6 Å². The van der Waals surface area contributed by atoms with E-state index in [0.29, 0.717) is 45.6 Å². The van der Waals surface area contributed by atoms with Gasteiger partial charge in [-0.1, -0.05) is 35.8 Å². The summed E-state index contributed by atoms with van der Waals surface area (Å²) >= 11 is 6.47. The molecular weight excluding hydrogens is 516 g/mol. The number of nitrogens with one attached hydrogen (secondary N) is 1. The maximum Gasteiger partial charge on any atom is 0.273 e. The number of carbonyl (C=O) groups excluding carboxylic acids is 1. The fourth-order valence-electron chi connectivity index (χ4n) is 4.27. The Morgan fingerprint density at radius 1 is 1.21 bits per heavy atom. The SMILES string of the molecule is CC[C@H](NC(=O)c1ccon1)c1cc(F)cc(Cl)c1COc1cccc2c(-n3cc(F)cn3)cc(C)nc12. The first-order valence-electron chi connectivity index (χ1n) is 11.8. The van der Waals surface area contributed by atoms with Crippen molar-refractivity contribution in [3.63, 3.8) is 0 Å². The highest BCUT2D eigenvalue weighted by Gasteiger charge is 2.22. The van der Waals surface area contributed by atoms with Gasteiger partial charge in [0, 0.05) is 22.7 Å². The van der Waals surface area contributed by atoms with Gasteiger partial charge < -0.3 is 14.6 Å². The highest BCUT2D eigenvalue weighted by molar-refractivity contribution is 6.31. The van der Waals surface area contributed by atoms with E-state index < -0.39 is 23.6 Å². The lowest BCUT2D eigenvalue weighted by Crippen LogP contribution is -2.29. The van der Waals surface area contributed by atoms with Gasteiger partial charge in [0.1, 0.15) is 30.0 Å². The fraction of sp³-hybridized carbons (Fsp3) is 0.185. The predicted molar refractivity (Wildman–Crippen MR) is 136 cm³/mol. The number of aromatic nitrogens is 4. The van der Waals surface area contributed by atoms with Gasteiger partial charge in [-0.3, -0.25) is 4.79 Å². The highest BCUT2D eigenvalue weighted by Crippen LogP contribution is 2.33. The summed E-state index contributed by atoms with van der Waals surface area (Å²) in [6, 6.07) is 10.6. The Labute approximate surface area is 221 Å². The van der Waals surface area contributed by atoms with Crippen LogP contribution in [0.2, 0.25) is 5.02 Å². The smallest absolute Gasteiger partial charge is 0.273 e. The summed E-state index contributed by atoms with van der Waals surface area (Å²) in [5, 5.41) is 11.4. The minimum atomic E-state index is -0.569. The van der Waals surface area contributed by atoms with Gasteiger partial charge in [0.25, 0.3) is 5.91 Å². The standard InChI is InChI=1S/C27H22ClF2N5O3/c1-3-22(33-27(36)23-7-8-38-34-23)19-10-16(29)11-21(28)20(19)14-37-25-6-4-5-18-24(9-15(2)32-26(18)25)35-13-17(30)12-31-35/h4-13,22H,3,14H2,1-2H3,(H,33,36)/t22-/m0/s1. The number of fused-ring (bicyclic) bond motifs is 1. The Morgan fingerprint density at radius 2 is 2.05 bits per heavy atom. The van der Waals surface area contributed by atoms with Gasteiger partial charge in [0.15, 0.2) is 11.5 Å². The van der Waals surface area contributed by atoms with Crippen molar-refractivity contribution in [1.29, 1.82) is 0 Å². The van der Waals surface area contributed by atoms with Crippen molar-refractivity contribution < 1.29 is 22.8 Å². The van der Waals surface area contributed by atoms with E-state index in [0.717, 1.165) is 6.20 Å². The minimum Gasteiger partial charge on any atom is -0.487 e. The molecule has 8 nitrogen and oxygen atoms in total. The average molecular weight is 538 g/mol. The molecule has 38 heavy (non-hydrogen) atoms. The number of halogens is 3. The Bertz CT molecular complexity index is 1620. The maximum atomic E-state index is 14.4. The van der Waals surface area contributed by atoms with E-state index in [2.05, 4.69) is 20.6 Å². The summed E-state index contributed by atoms with van der Waals surface area (Å²) in [6.45, 7) is 3.65. The topological polar surface area (TPSA) is 95.1 Å². The number of ether oxygens (including phenoxy) is 1. The molecule has 0 saturated carbocycles. The zero-order chi connectivity index (χ0) is 26.8. The third-order valence-corrected chi connectivity index (χ3v) is 6.37. The van der Waals surface area contributed by atoms with E-state index in [9.17, 15) is 13.6 Å². The normalized spacial score (nSPS) is 12.0. The van der Waals surface area contributed by atoms with Crippen molar-refractivity contribution in [3.8, 4) is 11.4 Å². The predicted octanol–water partition coefficient (Wildman–Crippen LogP) is 6.11. The zero-order valence-electron chi connectivity index (χ0n) is 20.4. The molecule has 2 aromatic carbocycles. The van der Waals surface area contributed by atoms with Gasteiger partial charge >= 0.3 is 0 Å². The van der Waals surface area contributed by atoms with Crippen molar-refractivity contribution in [2.75, 3.05) is 0 Å². The van der Waals surface area contributed by atoms with E-state index in [1.54, 1.807) is 18.2 Å². The summed E-state index contributed by atoms with van der Waals surface area (Å²) in [4.78, 5) is 17.2. The zero-order valence-corrected chi connectivity index (χ0v) is 21.2. The molecule has 5 aromatic rings. The molecule has 0 unspecified atom stereocenters. The number of hydrogen-bond donors (Lipinski definition) is 1. The second-order valence-electron chi connectivity index (χ2n) is 8.60. The summed E-state index contributed by atoms with van der Waals surface area (Å²) < 4.78 is 40.5. The van der Waals surface area contributed by atoms with E-state index in [-0.39, 0.29) is 17.3 Å². The maximum absolute atomic E-state index is 14.4. The van der Waals surface area contributed by atoms with Crippen LogP contribution in [0, 0.1) is 18.6 Å².